The zero-order valence-electron chi connectivity index (χ0n) is 9.87. The topological polar surface area (TPSA) is 91.1 Å². The van der Waals surface area contributed by atoms with Crippen molar-refractivity contribution in [2.45, 2.75) is 25.3 Å². The van der Waals surface area contributed by atoms with E-state index >= 15 is 0 Å². The van der Waals surface area contributed by atoms with Crippen molar-refractivity contribution < 1.29 is 9.47 Å². The Morgan fingerprint density at radius 1 is 0.944 bits per heavy atom. The SMILES string of the molecule is Cn1c(=O)n(CC2CO2)c(=O)n(C[C@H]2CO2)c1=O. The van der Waals surface area contributed by atoms with Crippen LogP contribution in [0.4, 0.5) is 0 Å². The molecule has 0 radical (unpaired) electrons. The van der Waals surface area contributed by atoms with Gasteiger partial charge in [-0.1, -0.05) is 0 Å². The average Bonchev–Trinajstić information content (AvgIpc) is 3.22. The van der Waals surface area contributed by atoms with Crippen molar-refractivity contribution in [1.82, 2.24) is 13.7 Å². The van der Waals surface area contributed by atoms with Crippen molar-refractivity contribution in [3.8, 4) is 0 Å². The van der Waals surface area contributed by atoms with Gasteiger partial charge in [-0.3, -0.25) is 0 Å². The van der Waals surface area contributed by atoms with E-state index in [1.54, 1.807) is 0 Å². The highest BCUT2D eigenvalue weighted by atomic mass is 16.6. The molecule has 2 saturated heterocycles. The molecule has 2 aliphatic heterocycles. The zero-order chi connectivity index (χ0) is 12.9. The quantitative estimate of drug-likeness (QED) is 0.555. The van der Waals surface area contributed by atoms with E-state index in [-0.39, 0.29) is 25.3 Å². The lowest BCUT2D eigenvalue weighted by molar-refractivity contribution is 0.344. The smallest absolute Gasteiger partial charge is 0.336 e. The van der Waals surface area contributed by atoms with E-state index in [0.29, 0.717) is 13.2 Å². The second-order valence-corrected chi connectivity index (χ2v) is 4.54. The summed E-state index contributed by atoms with van der Waals surface area (Å²) in [5.41, 5.74) is -1.80. The predicted molar refractivity (Wildman–Crippen MR) is 59.7 cm³/mol. The van der Waals surface area contributed by atoms with E-state index < -0.39 is 17.1 Å². The number of rotatable bonds is 4. The van der Waals surface area contributed by atoms with E-state index in [4.69, 9.17) is 9.47 Å². The minimum atomic E-state index is -0.603. The van der Waals surface area contributed by atoms with E-state index in [0.717, 1.165) is 13.7 Å². The Labute approximate surface area is 101 Å². The summed E-state index contributed by atoms with van der Waals surface area (Å²) in [7, 11) is 1.36. The number of hydrogen-bond acceptors (Lipinski definition) is 5. The lowest BCUT2D eigenvalue weighted by Crippen LogP contribution is -2.54. The first-order valence-corrected chi connectivity index (χ1v) is 5.72. The summed E-state index contributed by atoms with van der Waals surface area (Å²) < 4.78 is 13.0. The van der Waals surface area contributed by atoms with Crippen LogP contribution < -0.4 is 17.1 Å². The van der Waals surface area contributed by atoms with Crippen molar-refractivity contribution in [1.29, 1.82) is 0 Å². The predicted octanol–water partition coefficient (Wildman–Crippen LogP) is -2.49. The third-order valence-corrected chi connectivity index (χ3v) is 3.07. The maximum atomic E-state index is 12.1. The molecule has 0 aliphatic carbocycles. The molecular formula is C10H13N3O5. The van der Waals surface area contributed by atoms with Gasteiger partial charge in [-0.25, -0.2) is 28.1 Å². The van der Waals surface area contributed by atoms with Gasteiger partial charge in [0.1, 0.15) is 0 Å². The lowest BCUT2D eigenvalue weighted by Gasteiger charge is -2.09. The number of nitrogens with zero attached hydrogens (tertiary/aromatic N) is 3. The Morgan fingerprint density at radius 2 is 1.33 bits per heavy atom. The first-order valence-electron chi connectivity index (χ1n) is 5.72. The fourth-order valence-electron chi connectivity index (χ4n) is 1.82. The Morgan fingerprint density at radius 3 is 1.67 bits per heavy atom. The zero-order valence-corrected chi connectivity index (χ0v) is 9.87. The summed E-state index contributed by atoms with van der Waals surface area (Å²) in [5.74, 6) is 0. The minimum Gasteiger partial charge on any atom is -0.371 e. The van der Waals surface area contributed by atoms with Crippen LogP contribution in [0.15, 0.2) is 14.4 Å². The lowest BCUT2D eigenvalue weighted by atomic mass is 10.4. The molecule has 0 amide bonds. The van der Waals surface area contributed by atoms with Crippen LogP contribution in [0.25, 0.3) is 0 Å². The van der Waals surface area contributed by atoms with Crippen LogP contribution >= 0.6 is 0 Å². The monoisotopic (exact) mass is 255 g/mol. The van der Waals surface area contributed by atoms with Gasteiger partial charge in [-0.15, -0.1) is 0 Å². The molecule has 0 aromatic carbocycles. The van der Waals surface area contributed by atoms with Crippen LogP contribution in [0.2, 0.25) is 0 Å². The molecule has 1 aromatic heterocycles. The van der Waals surface area contributed by atoms with Gasteiger partial charge in [0.15, 0.2) is 0 Å². The van der Waals surface area contributed by atoms with E-state index in [2.05, 4.69) is 0 Å². The van der Waals surface area contributed by atoms with Gasteiger partial charge in [-0.2, -0.15) is 0 Å². The Hall–Kier alpha value is -1.67. The fourth-order valence-corrected chi connectivity index (χ4v) is 1.82. The molecule has 0 spiro atoms. The highest BCUT2D eigenvalue weighted by molar-refractivity contribution is 4.83. The van der Waals surface area contributed by atoms with E-state index in [9.17, 15) is 14.4 Å². The molecular weight excluding hydrogens is 242 g/mol. The second-order valence-electron chi connectivity index (χ2n) is 4.54. The molecule has 0 saturated carbocycles. The van der Waals surface area contributed by atoms with Gasteiger partial charge in [0.05, 0.1) is 38.5 Å². The molecule has 2 aliphatic rings. The standard InChI is InChI=1S/C10H13N3O5/c1-11-8(14)12(2-6-4-17-6)10(16)13(9(11)15)3-7-5-18-7/h6-7H,2-5H2,1H3/t6-,7?/m0/s1. The van der Waals surface area contributed by atoms with Gasteiger partial charge in [-0.05, 0) is 0 Å². The molecule has 8 heteroatoms. The van der Waals surface area contributed by atoms with Gasteiger partial charge in [0.25, 0.3) is 0 Å². The largest absolute Gasteiger partial charge is 0.371 e. The third-order valence-electron chi connectivity index (χ3n) is 3.07. The molecule has 1 aromatic rings. The fraction of sp³-hybridized carbons (Fsp3) is 0.700. The minimum absolute atomic E-state index is 0.0986. The second kappa shape index (κ2) is 3.92. The molecule has 98 valence electrons. The van der Waals surface area contributed by atoms with Crippen LogP contribution in [0.5, 0.6) is 0 Å². The molecule has 2 atom stereocenters. The maximum Gasteiger partial charge on any atom is 0.336 e. The molecule has 8 nitrogen and oxygen atoms in total. The Bertz CT molecular complexity index is 595. The average molecular weight is 255 g/mol. The molecule has 1 unspecified atom stereocenters. The molecule has 0 bridgehead atoms. The van der Waals surface area contributed by atoms with Crippen LogP contribution in [0, 0.1) is 0 Å². The third kappa shape index (κ3) is 1.93. The van der Waals surface area contributed by atoms with Crippen LogP contribution in [-0.4, -0.2) is 39.1 Å². The summed E-state index contributed by atoms with van der Waals surface area (Å²) in [6.07, 6.45) is -0.197. The Balaban J connectivity index is 2.11. The first-order chi connectivity index (χ1) is 8.58. The summed E-state index contributed by atoms with van der Waals surface area (Å²) in [4.78, 5) is 35.8. The number of hydrogen-bond donors (Lipinski definition) is 0. The van der Waals surface area contributed by atoms with Crippen molar-refractivity contribution in [3.63, 3.8) is 0 Å². The van der Waals surface area contributed by atoms with Gasteiger partial charge in [0.2, 0.25) is 0 Å². The summed E-state index contributed by atoms with van der Waals surface area (Å²) in [6, 6.07) is 0. The van der Waals surface area contributed by atoms with Gasteiger partial charge < -0.3 is 9.47 Å². The van der Waals surface area contributed by atoms with Crippen LogP contribution in [0.3, 0.4) is 0 Å². The highest BCUT2D eigenvalue weighted by Crippen LogP contribution is 2.10. The maximum absolute atomic E-state index is 12.1. The Kier molecular flexibility index (Phi) is 2.49. The number of ether oxygens (including phenoxy) is 2. The van der Waals surface area contributed by atoms with Gasteiger partial charge >= 0.3 is 17.1 Å². The molecule has 18 heavy (non-hydrogen) atoms. The normalized spacial score (nSPS) is 25.2. The molecule has 3 heterocycles. The van der Waals surface area contributed by atoms with E-state index in [1.807, 2.05) is 0 Å². The van der Waals surface area contributed by atoms with E-state index in [1.165, 1.54) is 7.05 Å². The van der Waals surface area contributed by atoms with Crippen molar-refractivity contribution in [2.24, 2.45) is 7.05 Å². The molecule has 3 rings (SSSR count). The molecule has 0 N–H and O–H groups in total. The van der Waals surface area contributed by atoms with Crippen molar-refractivity contribution in [3.05, 3.63) is 31.5 Å². The van der Waals surface area contributed by atoms with Crippen LogP contribution in [0.1, 0.15) is 0 Å². The summed E-state index contributed by atoms with van der Waals surface area (Å²) >= 11 is 0. The highest BCUT2D eigenvalue weighted by Gasteiger charge is 2.28. The number of epoxide rings is 2. The number of aromatic nitrogens is 3. The first kappa shape index (κ1) is 11.4. The summed E-state index contributed by atoms with van der Waals surface area (Å²) in [6.45, 7) is 1.47. The summed E-state index contributed by atoms with van der Waals surface area (Å²) in [5, 5.41) is 0. The van der Waals surface area contributed by atoms with Crippen molar-refractivity contribution in [2.75, 3.05) is 13.2 Å². The van der Waals surface area contributed by atoms with Crippen LogP contribution in [-0.2, 0) is 29.6 Å². The van der Waals surface area contributed by atoms with Gasteiger partial charge in [0, 0.05) is 7.05 Å². The molecule has 2 fully saturated rings. The van der Waals surface area contributed by atoms with Crippen molar-refractivity contribution >= 4 is 0 Å².